The predicted octanol–water partition coefficient (Wildman–Crippen LogP) is 1.06. The Morgan fingerprint density at radius 2 is 1.38 bits per heavy atom. The van der Waals surface area contributed by atoms with Crippen molar-refractivity contribution in [1.29, 1.82) is 0 Å². The summed E-state index contributed by atoms with van der Waals surface area (Å²) in [6, 6.07) is 3.83. The minimum absolute atomic E-state index is 0.0170. The predicted molar refractivity (Wildman–Crippen MR) is 111 cm³/mol. The Labute approximate surface area is 195 Å². The van der Waals surface area contributed by atoms with Crippen LogP contribution in [0.3, 0.4) is 0 Å². The van der Waals surface area contributed by atoms with Crippen molar-refractivity contribution in [3.8, 4) is 11.5 Å². The second-order valence-electron chi connectivity index (χ2n) is 7.42. The Morgan fingerprint density at radius 3 is 1.88 bits per heavy atom. The summed E-state index contributed by atoms with van der Waals surface area (Å²) < 4.78 is 32.4. The van der Waals surface area contributed by atoms with E-state index in [0.717, 1.165) is 33.8 Å². The minimum atomic E-state index is -1.46. The number of hydrogen-bond acceptors (Lipinski definition) is 12. The second kappa shape index (κ2) is 11.5. The van der Waals surface area contributed by atoms with E-state index >= 15 is 0 Å². The Morgan fingerprint density at radius 1 is 0.824 bits per heavy atom. The third kappa shape index (κ3) is 7.17. The molecular weight excluding hydrogens is 456 g/mol. The molecule has 0 bridgehead atoms. The van der Waals surface area contributed by atoms with Gasteiger partial charge in [-0.15, -0.1) is 0 Å². The van der Waals surface area contributed by atoms with Crippen molar-refractivity contribution in [2.45, 2.75) is 65.3 Å². The molecule has 0 unspecified atom stereocenters. The number of Topliss-reactive ketones (excluding diaryl/α,β-unsaturated/α-hetero) is 1. The van der Waals surface area contributed by atoms with E-state index in [1.54, 1.807) is 0 Å². The van der Waals surface area contributed by atoms with Crippen LogP contribution >= 0.6 is 0 Å². The van der Waals surface area contributed by atoms with Crippen LogP contribution in [0.5, 0.6) is 11.5 Å². The first-order chi connectivity index (χ1) is 15.9. The number of hydrogen-bond donors (Lipinski definition) is 1. The van der Waals surface area contributed by atoms with Crippen molar-refractivity contribution >= 4 is 29.7 Å². The summed E-state index contributed by atoms with van der Waals surface area (Å²) in [6.45, 7) is 5.32. The van der Waals surface area contributed by atoms with Gasteiger partial charge in [0.15, 0.2) is 18.0 Å². The van der Waals surface area contributed by atoms with Crippen LogP contribution in [0.25, 0.3) is 0 Å². The van der Waals surface area contributed by atoms with Crippen LogP contribution < -0.4 is 4.74 Å². The molecule has 12 nitrogen and oxygen atoms in total. The maximum Gasteiger partial charge on any atom is 0.303 e. The molecule has 5 atom stereocenters. The van der Waals surface area contributed by atoms with E-state index < -0.39 is 61.2 Å². The van der Waals surface area contributed by atoms with Gasteiger partial charge in [-0.25, -0.2) is 0 Å². The molecule has 2 rings (SSSR count). The molecule has 1 aliphatic heterocycles. The van der Waals surface area contributed by atoms with Crippen LogP contribution in [0.2, 0.25) is 0 Å². The molecule has 1 aliphatic rings. The summed E-state index contributed by atoms with van der Waals surface area (Å²) in [7, 11) is 0. The molecule has 0 spiro atoms. The highest BCUT2D eigenvalue weighted by atomic mass is 16.7. The number of carbonyl (C=O) groups excluding carboxylic acids is 5. The van der Waals surface area contributed by atoms with Crippen molar-refractivity contribution in [1.82, 2.24) is 0 Å². The lowest BCUT2D eigenvalue weighted by Crippen LogP contribution is -2.63. The van der Waals surface area contributed by atoms with Gasteiger partial charge in [-0.1, -0.05) is 0 Å². The van der Waals surface area contributed by atoms with Crippen LogP contribution in [0.15, 0.2) is 18.2 Å². The summed E-state index contributed by atoms with van der Waals surface area (Å²) in [4.78, 5) is 58.3. The molecule has 186 valence electrons. The van der Waals surface area contributed by atoms with Crippen molar-refractivity contribution < 1.29 is 57.5 Å². The summed E-state index contributed by atoms with van der Waals surface area (Å²) in [6.07, 6.45) is -6.77. The summed E-state index contributed by atoms with van der Waals surface area (Å²) in [5.74, 6) is -3.71. The molecule has 0 amide bonds. The van der Waals surface area contributed by atoms with Gasteiger partial charge >= 0.3 is 23.9 Å². The first kappa shape index (κ1) is 26.6. The van der Waals surface area contributed by atoms with E-state index in [1.807, 2.05) is 0 Å². The maximum absolute atomic E-state index is 11.8. The zero-order chi connectivity index (χ0) is 25.6. The number of ether oxygens (including phenoxy) is 6. The number of phenolic OH excluding ortho intramolecular Hbond substituents is 1. The highest BCUT2D eigenvalue weighted by Gasteiger charge is 2.53. The van der Waals surface area contributed by atoms with Crippen molar-refractivity contribution in [3.05, 3.63) is 23.8 Å². The van der Waals surface area contributed by atoms with Crippen molar-refractivity contribution in [2.75, 3.05) is 6.61 Å². The molecule has 34 heavy (non-hydrogen) atoms. The van der Waals surface area contributed by atoms with E-state index in [0.29, 0.717) is 0 Å². The van der Waals surface area contributed by atoms with E-state index in [-0.39, 0.29) is 22.8 Å². The molecule has 1 aromatic carbocycles. The largest absolute Gasteiger partial charge is 0.507 e. The van der Waals surface area contributed by atoms with Gasteiger partial charge in [0.2, 0.25) is 12.4 Å². The molecule has 0 saturated carbocycles. The third-order valence-electron chi connectivity index (χ3n) is 4.55. The summed E-state index contributed by atoms with van der Waals surface area (Å²) in [5.41, 5.74) is 0.0499. The van der Waals surface area contributed by atoms with Gasteiger partial charge in [-0.3, -0.25) is 24.0 Å². The first-order valence-electron chi connectivity index (χ1n) is 10.2. The summed E-state index contributed by atoms with van der Waals surface area (Å²) >= 11 is 0. The van der Waals surface area contributed by atoms with Crippen molar-refractivity contribution in [3.63, 3.8) is 0 Å². The van der Waals surface area contributed by atoms with Crippen LogP contribution in [0.1, 0.15) is 45.0 Å². The monoisotopic (exact) mass is 482 g/mol. The van der Waals surface area contributed by atoms with Gasteiger partial charge in [-0.05, 0) is 19.1 Å². The quantitative estimate of drug-likeness (QED) is 0.319. The zero-order valence-electron chi connectivity index (χ0n) is 19.3. The fraction of sp³-hybridized carbons (Fsp3) is 0.500. The van der Waals surface area contributed by atoms with Crippen LogP contribution in [-0.4, -0.2) is 72.1 Å². The smallest absolute Gasteiger partial charge is 0.303 e. The Hall–Kier alpha value is -3.67. The third-order valence-corrected chi connectivity index (χ3v) is 4.55. The second-order valence-corrected chi connectivity index (χ2v) is 7.42. The average molecular weight is 482 g/mol. The Kier molecular flexibility index (Phi) is 8.96. The molecule has 0 radical (unpaired) electrons. The fourth-order valence-corrected chi connectivity index (χ4v) is 3.30. The molecular formula is C22H26O12. The highest BCUT2D eigenvalue weighted by Crippen LogP contribution is 2.32. The summed E-state index contributed by atoms with van der Waals surface area (Å²) in [5, 5.41) is 10.1. The number of aromatic hydroxyl groups is 1. The lowest BCUT2D eigenvalue weighted by molar-refractivity contribution is -0.288. The number of rotatable bonds is 8. The number of ketones is 1. The molecule has 1 fully saturated rings. The number of benzene rings is 1. The SMILES string of the molecule is CC(=O)OC[C@@H]1O[C@H](Oc2ccc(C(C)=O)c(O)c2)[C@@H](OC(C)=O)[C@H](OC(C)=O)[C@@H]1OC(C)=O. The number of carbonyl (C=O) groups is 5. The van der Waals surface area contributed by atoms with E-state index in [1.165, 1.54) is 19.1 Å². The Bertz CT molecular complexity index is 955. The lowest BCUT2D eigenvalue weighted by atomic mass is 9.98. The Balaban J connectivity index is 2.47. The molecule has 1 heterocycles. The lowest BCUT2D eigenvalue weighted by Gasteiger charge is -2.43. The highest BCUT2D eigenvalue weighted by molar-refractivity contribution is 5.96. The number of esters is 4. The fourth-order valence-electron chi connectivity index (χ4n) is 3.30. The molecule has 0 aromatic heterocycles. The van der Waals surface area contributed by atoms with Gasteiger partial charge in [0.1, 0.15) is 24.2 Å². The zero-order valence-corrected chi connectivity index (χ0v) is 19.3. The van der Waals surface area contributed by atoms with Gasteiger partial charge in [0.25, 0.3) is 0 Å². The molecule has 1 saturated heterocycles. The molecule has 1 aromatic rings. The van der Waals surface area contributed by atoms with E-state index in [2.05, 4.69) is 0 Å². The van der Waals surface area contributed by atoms with Gasteiger partial charge < -0.3 is 33.5 Å². The standard InChI is InChI=1S/C22H26O12/c1-10(23)16-7-6-15(8-17(16)28)33-22-21(32-14(5)27)20(31-13(4)26)19(30-12(3)25)18(34-22)9-29-11(2)24/h6-8,18-22,28H,9H2,1-5H3/t18-,19+,20+,21-,22-/m0/s1. The van der Waals surface area contributed by atoms with Gasteiger partial charge in [-0.2, -0.15) is 0 Å². The van der Waals surface area contributed by atoms with Crippen LogP contribution in [-0.2, 0) is 42.9 Å². The van der Waals surface area contributed by atoms with Crippen LogP contribution in [0.4, 0.5) is 0 Å². The van der Waals surface area contributed by atoms with Gasteiger partial charge in [0.05, 0.1) is 5.56 Å². The van der Waals surface area contributed by atoms with E-state index in [9.17, 15) is 29.1 Å². The molecule has 0 aliphatic carbocycles. The normalized spacial score (nSPS) is 23.9. The van der Waals surface area contributed by atoms with Crippen LogP contribution in [0, 0.1) is 0 Å². The molecule has 1 N–H and O–H groups in total. The van der Waals surface area contributed by atoms with Crippen molar-refractivity contribution in [2.24, 2.45) is 0 Å². The first-order valence-corrected chi connectivity index (χ1v) is 10.2. The van der Waals surface area contributed by atoms with E-state index in [4.69, 9.17) is 28.4 Å². The minimum Gasteiger partial charge on any atom is -0.507 e. The van der Waals surface area contributed by atoms with Gasteiger partial charge in [0, 0.05) is 33.8 Å². The molecule has 12 heteroatoms. The maximum atomic E-state index is 11.8. The topological polar surface area (TPSA) is 161 Å². The average Bonchev–Trinajstić information content (AvgIpc) is 2.69. The number of phenols is 1.